The van der Waals surface area contributed by atoms with E-state index in [1.54, 1.807) is 0 Å². The molecule has 0 spiro atoms. The second-order valence-corrected chi connectivity index (χ2v) is 5.08. The van der Waals surface area contributed by atoms with Gasteiger partial charge in [-0.1, -0.05) is 13.8 Å². The molecule has 110 valence electrons. The number of ether oxygens (including phenoxy) is 2. The van der Waals surface area contributed by atoms with E-state index >= 15 is 0 Å². The highest BCUT2D eigenvalue weighted by Crippen LogP contribution is 2.04. The van der Waals surface area contributed by atoms with E-state index in [0.717, 1.165) is 52.5 Å². The lowest BCUT2D eigenvalue weighted by Crippen LogP contribution is -2.41. The molecule has 18 heavy (non-hydrogen) atoms. The van der Waals surface area contributed by atoms with E-state index in [1.807, 2.05) is 13.8 Å². The van der Waals surface area contributed by atoms with Crippen LogP contribution in [0.2, 0.25) is 0 Å². The van der Waals surface area contributed by atoms with E-state index < -0.39 is 0 Å². The van der Waals surface area contributed by atoms with E-state index in [-0.39, 0.29) is 6.04 Å². The molecule has 0 aliphatic carbocycles. The minimum absolute atomic E-state index is 0.244. The number of rotatable bonds is 12. The van der Waals surface area contributed by atoms with Crippen molar-refractivity contribution in [2.45, 2.75) is 40.2 Å². The Morgan fingerprint density at radius 1 is 1.00 bits per heavy atom. The maximum absolute atomic E-state index is 6.16. The molecule has 0 aliphatic heterocycles. The zero-order valence-corrected chi connectivity index (χ0v) is 12.7. The predicted molar refractivity (Wildman–Crippen MR) is 76.9 cm³/mol. The molecule has 0 aromatic carbocycles. The first-order valence-corrected chi connectivity index (χ1v) is 7.23. The predicted octanol–water partition coefficient (Wildman–Crippen LogP) is 1.73. The number of hydrogen-bond acceptors (Lipinski definition) is 4. The van der Waals surface area contributed by atoms with Gasteiger partial charge in [-0.3, -0.25) is 4.90 Å². The summed E-state index contributed by atoms with van der Waals surface area (Å²) in [4.78, 5) is 2.35. The van der Waals surface area contributed by atoms with Crippen LogP contribution in [0.25, 0.3) is 0 Å². The molecule has 4 nitrogen and oxygen atoms in total. The van der Waals surface area contributed by atoms with Gasteiger partial charge < -0.3 is 15.2 Å². The summed E-state index contributed by atoms with van der Waals surface area (Å²) in [5, 5.41) is 0. The molecule has 2 N–H and O–H groups in total. The summed E-state index contributed by atoms with van der Waals surface area (Å²) >= 11 is 0. The van der Waals surface area contributed by atoms with Gasteiger partial charge in [0.05, 0.1) is 13.2 Å². The van der Waals surface area contributed by atoms with Crippen molar-refractivity contribution in [3.63, 3.8) is 0 Å². The van der Waals surface area contributed by atoms with E-state index in [0.29, 0.717) is 5.92 Å². The van der Waals surface area contributed by atoms with Crippen molar-refractivity contribution in [2.75, 3.05) is 46.1 Å². The Balaban J connectivity index is 3.93. The van der Waals surface area contributed by atoms with Crippen molar-refractivity contribution in [1.29, 1.82) is 0 Å². The molecule has 0 aromatic heterocycles. The third kappa shape index (κ3) is 11.0. The minimum Gasteiger partial charge on any atom is -0.380 e. The summed E-state index contributed by atoms with van der Waals surface area (Å²) in [6.45, 7) is 14.4. The molecule has 0 saturated heterocycles. The summed E-state index contributed by atoms with van der Waals surface area (Å²) in [5.74, 6) is 0.653. The highest BCUT2D eigenvalue weighted by Gasteiger charge is 2.11. The van der Waals surface area contributed by atoms with E-state index in [4.69, 9.17) is 15.2 Å². The molecule has 0 aliphatic rings. The number of hydrogen-bond donors (Lipinski definition) is 1. The molecule has 0 rings (SSSR count). The van der Waals surface area contributed by atoms with Crippen molar-refractivity contribution in [3.8, 4) is 0 Å². The number of nitrogens with two attached hydrogens (primary N) is 1. The Bertz CT molecular complexity index is 167. The lowest BCUT2D eigenvalue weighted by molar-refractivity contribution is 0.0793. The maximum atomic E-state index is 6.16. The van der Waals surface area contributed by atoms with Crippen molar-refractivity contribution >= 4 is 0 Å². The van der Waals surface area contributed by atoms with Crippen LogP contribution >= 0.6 is 0 Å². The zero-order valence-electron chi connectivity index (χ0n) is 12.7. The van der Waals surface area contributed by atoms with Crippen LogP contribution in [0.1, 0.15) is 34.1 Å². The Kier molecular flexibility index (Phi) is 11.8. The van der Waals surface area contributed by atoms with Gasteiger partial charge in [0, 0.05) is 38.9 Å². The summed E-state index contributed by atoms with van der Waals surface area (Å²) in [6.07, 6.45) is 1.07. The van der Waals surface area contributed by atoms with Crippen LogP contribution in [0, 0.1) is 5.92 Å². The first-order valence-electron chi connectivity index (χ1n) is 7.23. The molecule has 0 heterocycles. The summed E-state index contributed by atoms with van der Waals surface area (Å²) in [6, 6.07) is 0.244. The lowest BCUT2D eigenvalue weighted by Gasteiger charge is -2.26. The molecule has 0 aromatic rings. The molecule has 0 fully saturated rings. The van der Waals surface area contributed by atoms with Gasteiger partial charge >= 0.3 is 0 Å². The Morgan fingerprint density at radius 2 is 1.50 bits per heavy atom. The van der Waals surface area contributed by atoms with Crippen LogP contribution in [-0.4, -0.2) is 57.0 Å². The maximum Gasteiger partial charge on any atom is 0.0593 e. The van der Waals surface area contributed by atoms with Crippen LogP contribution < -0.4 is 5.73 Å². The quantitative estimate of drug-likeness (QED) is 0.543. The fourth-order valence-electron chi connectivity index (χ4n) is 1.98. The van der Waals surface area contributed by atoms with Gasteiger partial charge in [-0.05, 0) is 26.2 Å². The van der Waals surface area contributed by atoms with E-state index in [9.17, 15) is 0 Å². The number of nitrogens with zero attached hydrogens (tertiary/aromatic N) is 1. The summed E-state index contributed by atoms with van der Waals surface area (Å²) < 4.78 is 10.8. The highest BCUT2D eigenvalue weighted by atomic mass is 16.5. The van der Waals surface area contributed by atoms with Gasteiger partial charge in [0.15, 0.2) is 0 Å². The molecule has 1 unspecified atom stereocenters. The first kappa shape index (κ1) is 17.8. The zero-order chi connectivity index (χ0) is 13.8. The fourth-order valence-corrected chi connectivity index (χ4v) is 1.98. The van der Waals surface area contributed by atoms with Crippen LogP contribution in [0.5, 0.6) is 0 Å². The smallest absolute Gasteiger partial charge is 0.0593 e. The van der Waals surface area contributed by atoms with Gasteiger partial charge in [-0.25, -0.2) is 0 Å². The lowest BCUT2D eigenvalue weighted by atomic mass is 10.0. The molecule has 0 radical (unpaired) electrons. The highest BCUT2D eigenvalue weighted by molar-refractivity contribution is 4.70. The Morgan fingerprint density at radius 3 is 1.89 bits per heavy atom. The SMILES string of the molecule is CCOCCN(CCOCC)CC(N)CC(C)C. The van der Waals surface area contributed by atoms with Gasteiger partial charge in [-0.2, -0.15) is 0 Å². The van der Waals surface area contributed by atoms with Crippen LogP contribution in [0.4, 0.5) is 0 Å². The molecular weight excluding hydrogens is 228 g/mol. The normalized spacial score (nSPS) is 13.5. The second-order valence-electron chi connectivity index (χ2n) is 5.08. The Hall–Kier alpha value is -0.160. The second kappa shape index (κ2) is 11.9. The third-order valence-electron chi connectivity index (χ3n) is 2.78. The average Bonchev–Trinajstić information content (AvgIpc) is 2.28. The molecule has 0 amide bonds. The van der Waals surface area contributed by atoms with Crippen molar-refractivity contribution in [3.05, 3.63) is 0 Å². The standard InChI is InChI=1S/C14H32N2O2/c1-5-17-9-7-16(8-10-18-6-2)12-14(15)11-13(3)4/h13-14H,5-12,15H2,1-4H3. The molecule has 0 bridgehead atoms. The van der Waals surface area contributed by atoms with Crippen molar-refractivity contribution in [1.82, 2.24) is 4.90 Å². The molecule has 0 saturated carbocycles. The van der Waals surface area contributed by atoms with Crippen molar-refractivity contribution in [2.24, 2.45) is 11.7 Å². The summed E-state index contributed by atoms with van der Waals surface area (Å²) in [5.41, 5.74) is 6.16. The average molecular weight is 260 g/mol. The summed E-state index contributed by atoms with van der Waals surface area (Å²) in [7, 11) is 0. The Labute approximate surface area is 113 Å². The first-order chi connectivity index (χ1) is 8.60. The fraction of sp³-hybridized carbons (Fsp3) is 1.00. The molecular formula is C14H32N2O2. The van der Waals surface area contributed by atoms with Crippen molar-refractivity contribution < 1.29 is 9.47 Å². The van der Waals surface area contributed by atoms with Crippen LogP contribution in [0.3, 0.4) is 0 Å². The van der Waals surface area contributed by atoms with Crippen LogP contribution in [0.15, 0.2) is 0 Å². The van der Waals surface area contributed by atoms with Gasteiger partial charge in [0.2, 0.25) is 0 Å². The largest absolute Gasteiger partial charge is 0.380 e. The van der Waals surface area contributed by atoms with Gasteiger partial charge in [-0.15, -0.1) is 0 Å². The van der Waals surface area contributed by atoms with E-state index in [2.05, 4.69) is 18.7 Å². The topological polar surface area (TPSA) is 47.7 Å². The van der Waals surface area contributed by atoms with Crippen LogP contribution in [-0.2, 0) is 9.47 Å². The monoisotopic (exact) mass is 260 g/mol. The van der Waals surface area contributed by atoms with E-state index in [1.165, 1.54) is 0 Å². The molecule has 1 atom stereocenters. The third-order valence-corrected chi connectivity index (χ3v) is 2.78. The minimum atomic E-state index is 0.244. The van der Waals surface area contributed by atoms with Gasteiger partial charge in [0.1, 0.15) is 0 Å². The van der Waals surface area contributed by atoms with Gasteiger partial charge in [0.25, 0.3) is 0 Å². The molecule has 4 heteroatoms.